The molecule has 0 aliphatic carbocycles. The summed E-state index contributed by atoms with van der Waals surface area (Å²) in [5.41, 5.74) is -2.26. The SMILES string of the molecule is CC(O)(c1ccc(Nc2nc(C3CCCCN3)nc3c2CCN(c2ncccc2C(F)(F)F)CC3)cc1)C(F)(F)F. The summed E-state index contributed by atoms with van der Waals surface area (Å²) in [5.74, 6) is 0.869. The summed E-state index contributed by atoms with van der Waals surface area (Å²) in [6.07, 6.45) is -4.54. The monoisotopic (exact) mass is 580 g/mol. The van der Waals surface area contributed by atoms with E-state index in [0.29, 0.717) is 42.8 Å². The molecule has 0 amide bonds. The number of hydrogen-bond donors (Lipinski definition) is 3. The quantitative estimate of drug-likeness (QED) is 0.328. The van der Waals surface area contributed by atoms with E-state index in [1.807, 2.05) is 0 Å². The predicted octanol–water partition coefficient (Wildman–Crippen LogP) is 5.82. The molecule has 1 saturated heterocycles. The number of benzene rings is 1. The molecular weight excluding hydrogens is 550 g/mol. The van der Waals surface area contributed by atoms with E-state index >= 15 is 0 Å². The lowest BCUT2D eigenvalue weighted by molar-refractivity contribution is -0.258. The predicted molar refractivity (Wildman–Crippen MR) is 141 cm³/mol. The fourth-order valence-electron chi connectivity index (χ4n) is 5.21. The van der Waals surface area contributed by atoms with Crippen molar-refractivity contribution in [3.05, 3.63) is 70.8 Å². The first kappa shape index (κ1) is 29.1. The zero-order chi connectivity index (χ0) is 29.4. The van der Waals surface area contributed by atoms with Crippen molar-refractivity contribution in [1.29, 1.82) is 0 Å². The Labute approximate surface area is 233 Å². The van der Waals surface area contributed by atoms with Gasteiger partial charge in [0.05, 0.1) is 17.3 Å². The molecule has 0 radical (unpaired) electrons. The van der Waals surface area contributed by atoms with Crippen LogP contribution >= 0.6 is 0 Å². The van der Waals surface area contributed by atoms with E-state index < -0.39 is 23.5 Å². The van der Waals surface area contributed by atoms with E-state index in [1.54, 1.807) is 4.90 Å². The van der Waals surface area contributed by atoms with Crippen LogP contribution in [0, 0.1) is 0 Å². The molecule has 7 nitrogen and oxygen atoms in total. The Hall–Kier alpha value is -3.45. The van der Waals surface area contributed by atoms with Crippen LogP contribution in [0.1, 0.15) is 60.4 Å². The van der Waals surface area contributed by atoms with Gasteiger partial charge in [-0.1, -0.05) is 18.6 Å². The van der Waals surface area contributed by atoms with Crippen molar-refractivity contribution in [1.82, 2.24) is 20.3 Å². The van der Waals surface area contributed by atoms with Crippen LogP contribution < -0.4 is 15.5 Å². The third kappa shape index (κ3) is 6.10. The Kier molecular flexibility index (Phi) is 7.86. The lowest BCUT2D eigenvalue weighted by Gasteiger charge is -2.27. The number of rotatable bonds is 5. The highest BCUT2D eigenvalue weighted by Gasteiger charge is 2.51. The first-order chi connectivity index (χ1) is 19.3. The van der Waals surface area contributed by atoms with Crippen molar-refractivity contribution in [2.45, 2.75) is 63.0 Å². The number of piperidine rings is 1. The van der Waals surface area contributed by atoms with E-state index in [1.165, 1.54) is 36.5 Å². The average molecular weight is 581 g/mol. The van der Waals surface area contributed by atoms with Crippen molar-refractivity contribution in [3.63, 3.8) is 0 Å². The molecule has 220 valence electrons. The van der Waals surface area contributed by atoms with Crippen LogP contribution in [0.4, 0.5) is 43.7 Å². The number of alkyl halides is 6. The minimum Gasteiger partial charge on any atom is -0.376 e. The van der Waals surface area contributed by atoms with E-state index in [0.717, 1.165) is 37.4 Å². The molecule has 3 aromatic rings. The molecule has 2 aromatic heterocycles. The number of nitrogens with one attached hydrogen (secondary N) is 2. The summed E-state index contributed by atoms with van der Waals surface area (Å²) in [7, 11) is 0. The maximum absolute atomic E-state index is 13.7. The fourth-order valence-corrected chi connectivity index (χ4v) is 5.21. The summed E-state index contributed by atoms with van der Waals surface area (Å²) >= 11 is 0. The van der Waals surface area contributed by atoms with Gasteiger partial charge in [0.25, 0.3) is 0 Å². The zero-order valence-electron chi connectivity index (χ0n) is 22.3. The van der Waals surface area contributed by atoms with Crippen LogP contribution in [0.5, 0.6) is 0 Å². The second kappa shape index (κ2) is 11.1. The largest absolute Gasteiger partial charge is 0.421 e. The smallest absolute Gasteiger partial charge is 0.376 e. The molecule has 3 N–H and O–H groups in total. The van der Waals surface area contributed by atoms with Crippen LogP contribution in [0.3, 0.4) is 0 Å². The molecule has 1 fully saturated rings. The molecule has 13 heteroatoms. The summed E-state index contributed by atoms with van der Waals surface area (Å²) in [6.45, 7) is 2.00. The number of fused-ring (bicyclic) bond motifs is 1. The number of pyridine rings is 1. The average Bonchev–Trinajstić information content (AvgIpc) is 3.16. The topological polar surface area (TPSA) is 86.2 Å². The number of aromatic nitrogens is 3. The van der Waals surface area contributed by atoms with Crippen LogP contribution in [0.15, 0.2) is 42.6 Å². The van der Waals surface area contributed by atoms with Crippen molar-refractivity contribution in [2.24, 2.45) is 0 Å². The van der Waals surface area contributed by atoms with E-state index in [9.17, 15) is 31.4 Å². The molecule has 5 rings (SSSR count). The van der Waals surface area contributed by atoms with Gasteiger partial charge >= 0.3 is 12.4 Å². The summed E-state index contributed by atoms with van der Waals surface area (Å²) < 4.78 is 81.0. The fraction of sp³-hybridized carbons (Fsp3) is 0.464. The minimum absolute atomic E-state index is 0.0918. The molecule has 2 aliphatic rings. The summed E-state index contributed by atoms with van der Waals surface area (Å²) in [5, 5.41) is 16.6. The van der Waals surface area contributed by atoms with Crippen LogP contribution in [0.25, 0.3) is 0 Å². The Balaban J connectivity index is 1.47. The molecule has 2 aliphatic heterocycles. The third-order valence-electron chi connectivity index (χ3n) is 7.64. The molecule has 4 heterocycles. The van der Waals surface area contributed by atoms with Gasteiger partial charge in [-0.25, -0.2) is 15.0 Å². The van der Waals surface area contributed by atoms with Gasteiger partial charge in [-0.05, 0) is 62.6 Å². The first-order valence-electron chi connectivity index (χ1n) is 13.4. The molecule has 0 spiro atoms. The van der Waals surface area contributed by atoms with Crippen LogP contribution in [-0.4, -0.2) is 45.9 Å². The Morgan fingerprint density at radius 3 is 2.37 bits per heavy atom. The number of anilines is 3. The molecule has 2 unspecified atom stereocenters. The highest BCUT2D eigenvalue weighted by molar-refractivity contribution is 5.62. The number of halogens is 6. The third-order valence-corrected chi connectivity index (χ3v) is 7.64. The van der Waals surface area contributed by atoms with Crippen LogP contribution in [-0.2, 0) is 24.6 Å². The summed E-state index contributed by atoms with van der Waals surface area (Å²) in [6, 6.07) is 7.42. The molecule has 2 atom stereocenters. The number of aliphatic hydroxyl groups is 1. The van der Waals surface area contributed by atoms with Crippen molar-refractivity contribution in [3.8, 4) is 0 Å². The lowest BCUT2D eigenvalue weighted by Crippen LogP contribution is -2.39. The van der Waals surface area contributed by atoms with Gasteiger partial charge in [0.2, 0.25) is 0 Å². The van der Waals surface area contributed by atoms with Gasteiger partial charge in [0.15, 0.2) is 5.60 Å². The maximum Gasteiger partial charge on any atom is 0.421 e. The van der Waals surface area contributed by atoms with Crippen molar-refractivity contribution < 1.29 is 31.4 Å². The second-order valence-electron chi connectivity index (χ2n) is 10.5. The highest BCUT2D eigenvalue weighted by atomic mass is 19.4. The molecule has 41 heavy (non-hydrogen) atoms. The lowest BCUT2D eigenvalue weighted by atomic mass is 9.95. The normalized spacial score (nSPS) is 19.7. The van der Waals surface area contributed by atoms with Gasteiger partial charge in [-0.15, -0.1) is 0 Å². The van der Waals surface area contributed by atoms with E-state index in [-0.39, 0.29) is 30.5 Å². The van der Waals surface area contributed by atoms with Crippen molar-refractivity contribution in [2.75, 3.05) is 29.9 Å². The molecule has 0 bridgehead atoms. The number of nitrogens with zero attached hydrogens (tertiary/aromatic N) is 4. The number of hydrogen-bond acceptors (Lipinski definition) is 7. The van der Waals surface area contributed by atoms with Gasteiger partial charge in [0.1, 0.15) is 17.5 Å². The molecular formula is C28H30F6N6O. The van der Waals surface area contributed by atoms with Gasteiger partial charge < -0.3 is 20.6 Å². The molecule has 0 saturated carbocycles. The Bertz CT molecular complexity index is 1370. The summed E-state index contributed by atoms with van der Waals surface area (Å²) in [4.78, 5) is 15.3. The van der Waals surface area contributed by atoms with Crippen LogP contribution in [0.2, 0.25) is 0 Å². The van der Waals surface area contributed by atoms with Gasteiger partial charge in [-0.2, -0.15) is 26.3 Å². The maximum atomic E-state index is 13.7. The van der Waals surface area contributed by atoms with E-state index in [4.69, 9.17) is 9.97 Å². The Morgan fingerprint density at radius 2 is 1.71 bits per heavy atom. The van der Waals surface area contributed by atoms with Gasteiger partial charge in [-0.3, -0.25) is 0 Å². The molecule has 1 aromatic carbocycles. The van der Waals surface area contributed by atoms with Crippen molar-refractivity contribution >= 4 is 17.3 Å². The van der Waals surface area contributed by atoms with E-state index in [2.05, 4.69) is 15.6 Å². The first-order valence-corrected chi connectivity index (χ1v) is 13.4. The second-order valence-corrected chi connectivity index (χ2v) is 10.5. The zero-order valence-corrected chi connectivity index (χ0v) is 22.3. The minimum atomic E-state index is -4.85. The standard InChI is InChI=1S/C28H30F6N6O/c1-26(41,28(32,33)34)17-7-9-18(10-8-17)37-23-19-11-15-40(25-20(27(29,30)31)5-4-14-36-25)16-12-21(19)38-24(39-23)22-6-2-3-13-35-22/h4-5,7-10,14,22,35,41H,2-3,6,11-13,15-16H2,1H3,(H,37,38,39). The van der Waals surface area contributed by atoms with Gasteiger partial charge in [0, 0.05) is 37.0 Å². The highest BCUT2D eigenvalue weighted by Crippen LogP contribution is 2.39. The Morgan fingerprint density at radius 1 is 0.976 bits per heavy atom.